The number of nitrogens with one attached hydrogen (secondary N) is 1. The molecule has 0 unspecified atom stereocenters. The molecular weight excluding hydrogens is 330 g/mol. The van der Waals surface area contributed by atoms with Gasteiger partial charge in [0.1, 0.15) is 4.90 Å². The lowest BCUT2D eigenvalue weighted by atomic mass is 9.92. The number of hydrogen-bond acceptors (Lipinski definition) is 5. The molecule has 2 aliphatic rings. The van der Waals surface area contributed by atoms with Crippen molar-refractivity contribution in [1.82, 2.24) is 9.71 Å². The summed E-state index contributed by atoms with van der Waals surface area (Å²) in [7, 11) is -3.74. The zero-order valence-electron chi connectivity index (χ0n) is 12.6. The van der Waals surface area contributed by atoms with Crippen LogP contribution in [0.25, 0.3) is 0 Å². The van der Waals surface area contributed by atoms with Crippen LogP contribution in [0.15, 0.2) is 47.5 Å². The highest BCUT2D eigenvalue weighted by atomic mass is 32.2. The van der Waals surface area contributed by atoms with Crippen molar-refractivity contribution in [3.8, 4) is 0 Å². The first-order chi connectivity index (χ1) is 11.5. The Morgan fingerprint density at radius 2 is 2.00 bits per heavy atom. The summed E-state index contributed by atoms with van der Waals surface area (Å²) in [5.74, 6) is 0.166. The van der Waals surface area contributed by atoms with E-state index in [1.807, 2.05) is 12.1 Å². The third kappa shape index (κ3) is 2.47. The van der Waals surface area contributed by atoms with Gasteiger partial charge in [0.05, 0.1) is 0 Å². The molecule has 1 aromatic heterocycles. The smallest absolute Gasteiger partial charge is 0.358 e. The average molecular weight is 345 g/mol. The van der Waals surface area contributed by atoms with Crippen molar-refractivity contribution < 1.29 is 13.3 Å². The van der Waals surface area contributed by atoms with Gasteiger partial charge in [0.25, 0.3) is 0 Å². The normalized spacial score (nSPS) is 24.8. The minimum Gasteiger partial charge on any atom is -0.358 e. The first-order valence-corrected chi connectivity index (χ1v) is 9.16. The number of nitro groups is 1. The number of aryl methyl sites for hydroxylation is 1. The van der Waals surface area contributed by atoms with Crippen LogP contribution in [-0.2, 0) is 16.4 Å². The Morgan fingerprint density at radius 3 is 2.71 bits per heavy atom. The molecule has 7 nitrogen and oxygen atoms in total. The predicted molar refractivity (Wildman–Crippen MR) is 86.0 cm³/mol. The molecule has 2 aromatic rings. The third-order valence-corrected chi connectivity index (χ3v) is 6.28. The summed E-state index contributed by atoms with van der Waals surface area (Å²) in [5.41, 5.74) is 2.51. The Bertz CT molecular complexity index is 911. The van der Waals surface area contributed by atoms with Crippen LogP contribution in [0.5, 0.6) is 0 Å². The van der Waals surface area contributed by atoms with E-state index in [2.05, 4.69) is 21.8 Å². The second-order valence-corrected chi connectivity index (χ2v) is 7.90. The SMILES string of the molecule is O=[N+]([O-])c1ccc(S(=O)(=O)N[C@@H]2[C@@H]3CCc4ccccc4[C@@H]32)cn1. The van der Waals surface area contributed by atoms with Crippen LogP contribution in [0.2, 0.25) is 0 Å². The number of pyridine rings is 1. The van der Waals surface area contributed by atoms with E-state index in [4.69, 9.17) is 0 Å². The lowest BCUT2D eigenvalue weighted by molar-refractivity contribution is -0.389. The maximum absolute atomic E-state index is 12.5. The number of sulfonamides is 1. The van der Waals surface area contributed by atoms with Gasteiger partial charge >= 0.3 is 5.82 Å². The van der Waals surface area contributed by atoms with E-state index in [0.29, 0.717) is 5.92 Å². The summed E-state index contributed by atoms with van der Waals surface area (Å²) in [6.07, 6.45) is 2.96. The molecule has 1 N–H and O–H groups in total. The quantitative estimate of drug-likeness (QED) is 0.674. The maximum atomic E-state index is 12.5. The molecule has 0 amide bonds. The lowest BCUT2D eigenvalue weighted by Crippen LogP contribution is -2.27. The van der Waals surface area contributed by atoms with Crippen molar-refractivity contribution in [2.75, 3.05) is 0 Å². The van der Waals surface area contributed by atoms with Gasteiger partial charge in [-0.25, -0.2) is 13.1 Å². The van der Waals surface area contributed by atoms with Gasteiger partial charge in [-0.1, -0.05) is 24.3 Å². The van der Waals surface area contributed by atoms with Crippen LogP contribution in [0.4, 0.5) is 5.82 Å². The molecule has 3 atom stereocenters. The van der Waals surface area contributed by atoms with Crippen molar-refractivity contribution in [2.45, 2.75) is 29.7 Å². The fourth-order valence-electron chi connectivity index (χ4n) is 3.61. The lowest BCUT2D eigenvalue weighted by Gasteiger charge is -2.13. The monoisotopic (exact) mass is 345 g/mol. The summed E-state index contributed by atoms with van der Waals surface area (Å²) in [6.45, 7) is 0. The minimum atomic E-state index is -3.74. The van der Waals surface area contributed by atoms with E-state index in [0.717, 1.165) is 25.1 Å². The summed E-state index contributed by atoms with van der Waals surface area (Å²) >= 11 is 0. The van der Waals surface area contributed by atoms with Gasteiger partial charge in [-0.2, -0.15) is 0 Å². The molecule has 0 spiro atoms. The molecule has 124 valence electrons. The Labute approximate surface area is 138 Å². The third-order valence-electron chi connectivity index (χ3n) is 4.84. The van der Waals surface area contributed by atoms with E-state index in [1.165, 1.54) is 17.2 Å². The molecule has 1 fully saturated rings. The van der Waals surface area contributed by atoms with Gasteiger partial charge in [-0.05, 0) is 45.9 Å². The van der Waals surface area contributed by atoms with Gasteiger partial charge < -0.3 is 10.1 Å². The average Bonchev–Trinajstić information content (AvgIpc) is 3.27. The number of fused-ring (bicyclic) bond motifs is 3. The van der Waals surface area contributed by atoms with Gasteiger partial charge in [0.2, 0.25) is 10.0 Å². The predicted octanol–water partition coefficient (Wildman–Crippen LogP) is 2.00. The number of nitrogens with zero attached hydrogens (tertiary/aromatic N) is 2. The van der Waals surface area contributed by atoms with Crippen LogP contribution in [0, 0.1) is 16.0 Å². The Balaban J connectivity index is 1.55. The molecule has 1 saturated carbocycles. The van der Waals surface area contributed by atoms with Crippen molar-refractivity contribution in [3.63, 3.8) is 0 Å². The summed E-state index contributed by atoms with van der Waals surface area (Å²) in [4.78, 5) is 13.5. The highest BCUT2D eigenvalue weighted by Crippen LogP contribution is 2.54. The summed E-state index contributed by atoms with van der Waals surface area (Å²) < 4.78 is 27.7. The van der Waals surface area contributed by atoms with Gasteiger partial charge in [0.15, 0.2) is 6.20 Å². The number of rotatable bonds is 4. The Morgan fingerprint density at radius 1 is 1.21 bits per heavy atom. The molecule has 0 bridgehead atoms. The molecule has 0 radical (unpaired) electrons. The van der Waals surface area contributed by atoms with Crippen LogP contribution >= 0.6 is 0 Å². The van der Waals surface area contributed by atoms with Crippen LogP contribution in [0.3, 0.4) is 0 Å². The summed E-state index contributed by atoms with van der Waals surface area (Å²) in [6, 6.07) is 10.3. The van der Waals surface area contributed by atoms with E-state index >= 15 is 0 Å². The topological polar surface area (TPSA) is 102 Å². The molecule has 1 heterocycles. The van der Waals surface area contributed by atoms with Gasteiger partial charge in [0, 0.05) is 18.0 Å². The number of hydrogen-bond donors (Lipinski definition) is 1. The molecular formula is C16H15N3O4S. The standard InChI is InChI=1S/C16H15N3O4S/c20-19(21)14-8-6-11(9-17-14)24(22,23)18-16-13-7-5-10-3-1-2-4-12(10)15(13)16/h1-4,6,8-9,13,15-16,18H,5,7H2/t13-,15+,16-/m1/s1. The molecule has 1 aromatic carbocycles. The highest BCUT2D eigenvalue weighted by molar-refractivity contribution is 7.89. The molecule has 4 rings (SSSR count). The van der Waals surface area contributed by atoms with Crippen LogP contribution in [0.1, 0.15) is 23.5 Å². The fraction of sp³-hybridized carbons (Fsp3) is 0.312. The molecule has 2 aliphatic carbocycles. The van der Waals surface area contributed by atoms with Crippen LogP contribution in [-0.4, -0.2) is 24.4 Å². The molecule has 0 saturated heterocycles. The maximum Gasteiger partial charge on any atom is 0.363 e. The van der Waals surface area contributed by atoms with Crippen molar-refractivity contribution in [3.05, 3.63) is 63.8 Å². The van der Waals surface area contributed by atoms with Gasteiger partial charge in [-0.3, -0.25) is 0 Å². The second kappa shape index (κ2) is 5.35. The number of benzene rings is 1. The van der Waals surface area contributed by atoms with E-state index in [-0.39, 0.29) is 22.7 Å². The van der Waals surface area contributed by atoms with E-state index in [9.17, 15) is 18.5 Å². The summed E-state index contributed by atoms with van der Waals surface area (Å²) in [5, 5.41) is 10.6. The molecule has 24 heavy (non-hydrogen) atoms. The zero-order chi connectivity index (χ0) is 16.9. The fourth-order valence-corrected chi connectivity index (χ4v) is 4.87. The Kier molecular flexibility index (Phi) is 3.40. The molecule has 0 aliphatic heterocycles. The second-order valence-electron chi connectivity index (χ2n) is 6.18. The largest absolute Gasteiger partial charge is 0.363 e. The van der Waals surface area contributed by atoms with E-state index < -0.39 is 14.9 Å². The number of aromatic nitrogens is 1. The minimum absolute atomic E-state index is 0.0509. The van der Waals surface area contributed by atoms with Crippen molar-refractivity contribution in [2.24, 2.45) is 5.92 Å². The first-order valence-electron chi connectivity index (χ1n) is 7.68. The Hall–Kier alpha value is -2.32. The van der Waals surface area contributed by atoms with Gasteiger partial charge in [-0.15, -0.1) is 0 Å². The van der Waals surface area contributed by atoms with Crippen molar-refractivity contribution in [1.29, 1.82) is 0 Å². The van der Waals surface area contributed by atoms with E-state index in [1.54, 1.807) is 0 Å². The molecule has 8 heteroatoms. The van der Waals surface area contributed by atoms with Crippen LogP contribution < -0.4 is 4.72 Å². The zero-order valence-corrected chi connectivity index (χ0v) is 13.4. The first kappa shape index (κ1) is 15.2. The van der Waals surface area contributed by atoms with Crippen molar-refractivity contribution >= 4 is 15.8 Å². The highest BCUT2D eigenvalue weighted by Gasteiger charge is 2.54.